The number of carbonyl (C=O) groups excluding carboxylic acids is 1. The van der Waals surface area contributed by atoms with Crippen molar-refractivity contribution in [3.05, 3.63) is 58.1 Å². The van der Waals surface area contributed by atoms with Crippen molar-refractivity contribution >= 4 is 33.2 Å². The number of sulfonamides is 1. The predicted molar refractivity (Wildman–Crippen MR) is 112 cm³/mol. The fourth-order valence-electron chi connectivity index (χ4n) is 3.51. The Morgan fingerprint density at radius 1 is 1.17 bits per heavy atom. The van der Waals surface area contributed by atoms with Crippen molar-refractivity contribution in [3.8, 4) is 6.07 Å². The minimum absolute atomic E-state index is 0.172. The number of rotatable bonds is 4. The Bertz CT molecular complexity index is 1080. The van der Waals surface area contributed by atoms with Crippen LogP contribution in [-0.4, -0.2) is 31.7 Å². The molecule has 0 saturated carbocycles. The van der Waals surface area contributed by atoms with Crippen molar-refractivity contribution in [3.63, 3.8) is 0 Å². The molecule has 152 valence electrons. The molecule has 1 aliphatic heterocycles. The van der Waals surface area contributed by atoms with Gasteiger partial charge in [-0.15, -0.1) is 0 Å². The van der Waals surface area contributed by atoms with E-state index in [4.69, 9.17) is 16.9 Å². The fourth-order valence-corrected chi connectivity index (χ4v) is 5.41. The minimum Gasteiger partial charge on any atom is -0.326 e. The van der Waals surface area contributed by atoms with Crippen LogP contribution in [0.5, 0.6) is 0 Å². The molecule has 0 unspecified atom stereocenters. The van der Waals surface area contributed by atoms with Gasteiger partial charge in [-0.05, 0) is 56.5 Å². The first-order valence-corrected chi connectivity index (χ1v) is 11.1. The number of aryl methyl sites for hydroxylation is 2. The van der Waals surface area contributed by atoms with Gasteiger partial charge in [0.1, 0.15) is 6.07 Å². The number of halogens is 1. The largest absolute Gasteiger partial charge is 0.326 e. The molecule has 1 N–H and O–H groups in total. The SMILES string of the molecule is Cc1ccc(S(=O)(=O)N2CCC(C(=O)Nc3ccc(C#N)c(Cl)c3)CC2)c(C)c1. The standard InChI is InChI=1S/C21H22ClN3O3S/c1-14-3-6-20(15(2)11-14)29(27,28)25-9-7-16(8-10-25)21(26)24-18-5-4-17(13-23)19(22)12-18/h3-6,11-12,16H,7-10H2,1-2H3,(H,24,26). The molecule has 1 heterocycles. The monoisotopic (exact) mass is 431 g/mol. The van der Waals surface area contributed by atoms with E-state index in [1.807, 2.05) is 19.1 Å². The molecule has 2 aromatic rings. The molecule has 1 saturated heterocycles. The Labute approximate surface area is 176 Å². The lowest BCUT2D eigenvalue weighted by Gasteiger charge is -2.31. The topological polar surface area (TPSA) is 90.3 Å². The number of piperidine rings is 1. The molecule has 29 heavy (non-hydrogen) atoms. The zero-order chi connectivity index (χ0) is 21.2. The number of nitriles is 1. The molecule has 2 aromatic carbocycles. The molecule has 0 aliphatic carbocycles. The highest BCUT2D eigenvalue weighted by molar-refractivity contribution is 7.89. The summed E-state index contributed by atoms with van der Waals surface area (Å²) in [5, 5.41) is 12.0. The van der Waals surface area contributed by atoms with Crippen LogP contribution in [0.2, 0.25) is 5.02 Å². The average Bonchev–Trinajstić information content (AvgIpc) is 2.68. The smallest absolute Gasteiger partial charge is 0.243 e. The Kier molecular flexibility index (Phi) is 6.27. The van der Waals surface area contributed by atoms with E-state index < -0.39 is 10.0 Å². The Morgan fingerprint density at radius 3 is 2.45 bits per heavy atom. The third kappa shape index (κ3) is 4.61. The maximum Gasteiger partial charge on any atom is 0.243 e. The third-order valence-corrected chi connectivity index (χ3v) is 7.50. The number of carbonyl (C=O) groups is 1. The number of hydrogen-bond acceptors (Lipinski definition) is 4. The lowest BCUT2D eigenvalue weighted by Crippen LogP contribution is -2.41. The van der Waals surface area contributed by atoms with Gasteiger partial charge in [0.2, 0.25) is 15.9 Å². The van der Waals surface area contributed by atoms with E-state index in [0.717, 1.165) is 11.1 Å². The van der Waals surface area contributed by atoms with Crippen LogP contribution in [0.3, 0.4) is 0 Å². The molecule has 0 bridgehead atoms. The number of benzene rings is 2. The second kappa shape index (κ2) is 8.54. The van der Waals surface area contributed by atoms with E-state index in [1.54, 1.807) is 31.2 Å². The number of anilines is 1. The van der Waals surface area contributed by atoms with Gasteiger partial charge in [0.05, 0.1) is 15.5 Å². The number of amides is 1. The van der Waals surface area contributed by atoms with Crippen LogP contribution in [0.15, 0.2) is 41.3 Å². The van der Waals surface area contributed by atoms with Crippen molar-refractivity contribution in [1.29, 1.82) is 5.26 Å². The molecule has 1 fully saturated rings. The van der Waals surface area contributed by atoms with E-state index >= 15 is 0 Å². The maximum absolute atomic E-state index is 13.0. The van der Waals surface area contributed by atoms with Crippen LogP contribution in [0.4, 0.5) is 5.69 Å². The lowest BCUT2D eigenvalue weighted by molar-refractivity contribution is -0.120. The van der Waals surface area contributed by atoms with E-state index in [2.05, 4.69) is 5.32 Å². The maximum atomic E-state index is 13.0. The summed E-state index contributed by atoms with van der Waals surface area (Å²) in [7, 11) is -3.58. The van der Waals surface area contributed by atoms with Crippen LogP contribution in [0, 0.1) is 31.1 Å². The zero-order valence-electron chi connectivity index (χ0n) is 16.3. The van der Waals surface area contributed by atoms with Crippen molar-refractivity contribution in [2.45, 2.75) is 31.6 Å². The average molecular weight is 432 g/mol. The lowest BCUT2D eigenvalue weighted by atomic mass is 9.97. The summed E-state index contributed by atoms with van der Waals surface area (Å²) < 4.78 is 27.4. The molecule has 8 heteroatoms. The van der Waals surface area contributed by atoms with Crippen molar-refractivity contribution < 1.29 is 13.2 Å². The second-order valence-electron chi connectivity index (χ2n) is 7.24. The Morgan fingerprint density at radius 2 is 1.86 bits per heavy atom. The molecule has 0 atom stereocenters. The van der Waals surface area contributed by atoms with Gasteiger partial charge < -0.3 is 5.32 Å². The fraction of sp³-hybridized carbons (Fsp3) is 0.333. The highest BCUT2D eigenvalue weighted by Crippen LogP contribution is 2.27. The zero-order valence-corrected chi connectivity index (χ0v) is 17.8. The highest BCUT2D eigenvalue weighted by atomic mass is 35.5. The van der Waals surface area contributed by atoms with Gasteiger partial charge >= 0.3 is 0 Å². The highest BCUT2D eigenvalue weighted by Gasteiger charge is 2.32. The predicted octanol–water partition coefficient (Wildman–Crippen LogP) is 3.87. The Hall–Kier alpha value is -2.40. The molecule has 0 radical (unpaired) electrons. The van der Waals surface area contributed by atoms with Crippen LogP contribution in [0.25, 0.3) is 0 Å². The van der Waals surface area contributed by atoms with Gasteiger partial charge in [0.15, 0.2) is 0 Å². The first-order valence-electron chi connectivity index (χ1n) is 9.30. The molecular formula is C21H22ClN3O3S. The molecule has 6 nitrogen and oxygen atoms in total. The Balaban J connectivity index is 1.64. The minimum atomic E-state index is -3.58. The van der Waals surface area contributed by atoms with Gasteiger partial charge in [0, 0.05) is 24.7 Å². The molecule has 3 rings (SSSR count). The van der Waals surface area contributed by atoms with Crippen molar-refractivity contribution in [2.75, 3.05) is 18.4 Å². The summed E-state index contributed by atoms with van der Waals surface area (Å²) in [5.41, 5.74) is 2.60. The quantitative estimate of drug-likeness (QED) is 0.795. The van der Waals surface area contributed by atoms with Gasteiger partial charge in [-0.25, -0.2) is 8.42 Å². The summed E-state index contributed by atoms with van der Waals surface area (Å²) in [6.07, 6.45) is 0.889. The molecule has 1 amide bonds. The summed E-state index contributed by atoms with van der Waals surface area (Å²) in [5.74, 6) is -0.454. The first-order chi connectivity index (χ1) is 13.7. The van der Waals surface area contributed by atoms with E-state index in [-0.39, 0.29) is 16.8 Å². The van der Waals surface area contributed by atoms with Crippen LogP contribution in [-0.2, 0) is 14.8 Å². The molecule has 0 aromatic heterocycles. The van der Waals surface area contributed by atoms with Gasteiger partial charge in [0.25, 0.3) is 0 Å². The second-order valence-corrected chi connectivity index (χ2v) is 9.56. The van der Waals surface area contributed by atoms with Crippen molar-refractivity contribution in [2.24, 2.45) is 5.92 Å². The summed E-state index contributed by atoms with van der Waals surface area (Å²) in [6.45, 7) is 4.31. The van der Waals surface area contributed by atoms with Crippen LogP contribution < -0.4 is 5.32 Å². The van der Waals surface area contributed by atoms with Crippen LogP contribution in [0.1, 0.15) is 29.5 Å². The van der Waals surface area contributed by atoms with E-state index in [1.165, 1.54) is 10.4 Å². The van der Waals surface area contributed by atoms with Crippen LogP contribution >= 0.6 is 11.6 Å². The molecule has 0 spiro atoms. The summed E-state index contributed by atoms with van der Waals surface area (Å²) >= 11 is 6.00. The van der Waals surface area contributed by atoms with E-state index in [0.29, 0.717) is 42.1 Å². The number of nitrogens with zero attached hydrogens (tertiary/aromatic N) is 2. The summed E-state index contributed by atoms with van der Waals surface area (Å²) in [4.78, 5) is 12.9. The number of hydrogen-bond donors (Lipinski definition) is 1. The normalized spacial score (nSPS) is 15.7. The molecular weight excluding hydrogens is 410 g/mol. The molecule has 1 aliphatic rings. The first kappa shape index (κ1) is 21.3. The van der Waals surface area contributed by atoms with Crippen molar-refractivity contribution in [1.82, 2.24) is 4.31 Å². The van der Waals surface area contributed by atoms with Gasteiger partial charge in [-0.2, -0.15) is 9.57 Å². The summed E-state index contributed by atoms with van der Waals surface area (Å²) in [6, 6.07) is 12.0. The third-order valence-electron chi connectivity index (χ3n) is 5.13. The van der Waals surface area contributed by atoms with Gasteiger partial charge in [-0.1, -0.05) is 29.3 Å². The number of nitrogens with one attached hydrogen (secondary N) is 1. The van der Waals surface area contributed by atoms with E-state index in [9.17, 15) is 13.2 Å². The van der Waals surface area contributed by atoms with Gasteiger partial charge in [-0.3, -0.25) is 4.79 Å².